The number of nitrogens with one attached hydrogen (secondary N) is 2. The van der Waals surface area contributed by atoms with E-state index in [0.717, 1.165) is 11.2 Å². The normalized spacial score (nSPS) is 12.2. The Morgan fingerprint density at radius 3 is 2.83 bits per heavy atom. The van der Waals surface area contributed by atoms with E-state index in [1.54, 1.807) is 32.0 Å². The van der Waals surface area contributed by atoms with Gasteiger partial charge in [0.1, 0.15) is 11.6 Å². The highest BCUT2D eigenvalue weighted by atomic mass is 35.5. The van der Waals surface area contributed by atoms with Crippen molar-refractivity contribution in [2.24, 2.45) is 0 Å². The molecule has 3 aromatic rings. The number of hydrogen-bond donors (Lipinski definition) is 2. The van der Waals surface area contributed by atoms with Crippen molar-refractivity contribution in [1.29, 1.82) is 0 Å². The molecule has 0 radical (unpaired) electrons. The van der Waals surface area contributed by atoms with Gasteiger partial charge in [-0.15, -0.1) is 0 Å². The minimum absolute atomic E-state index is 0.226. The molecule has 1 heterocycles. The van der Waals surface area contributed by atoms with Gasteiger partial charge < -0.3 is 15.1 Å². The van der Waals surface area contributed by atoms with E-state index >= 15 is 0 Å². The SMILES string of the molecule is Cc1nc2cc(NC(C)C(=O)Nc3cccc(Cl)c3Cl)ccc2o1. The summed E-state index contributed by atoms with van der Waals surface area (Å²) in [6, 6.07) is 10.1. The van der Waals surface area contributed by atoms with Gasteiger partial charge in [-0.05, 0) is 37.3 Å². The Kier molecular flexibility index (Phi) is 4.64. The zero-order valence-corrected chi connectivity index (χ0v) is 14.6. The smallest absolute Gasteiger partial charge is 0.246 e. The van der Waals surface area contributed by atoms with Crippen molar-refractivity contribution >= 4 is 51.6 Å². The molecular formula is C17H15Cl2N3O2. The Labute approximate surface area is 149 Å². The number of carbonyl (C=O) groups is 1. The average Bonchev–Trinajstić information content (AvgIpc) is 2.91. The fraction of sp³-hybridized carbons (Fsp3) is 0.176. The summed E-state index contributed by atoms with van der Waals surface area (Å²) in [4.78, 5) is 16.6. The predicted octanol–water partition coefficient (Wildman–Crippen LogP) is 4.88. The van der Waals surface area contributed by atoms with E-state index in [1.807, 2.05) is 18.2 Å². The highest BCUT2D eigenvalue weighted by Crippen LogP contribution is 2.29. The van der Waals surface area contributed by atoms with Crippen LogP contribution in [-0.2, 0) is 4.79 Å². The van der Waals surface area contributed by atoms with E-state index in [0.29, 0.717) is 27.2 Å². The van der Waals surface area contributed by atoms with Crippen LogP contribution in [0.25, 0.3) is 11.1 Å². The number of halogens is 2. The van der Waals surface area contributed by atoms with Crippen molar-refractivity contribution in [1.82, 2.24) is 4.98 Å². The first-order chi connectivity index (χ1) is 11.4. The quantitative estimate of drug-likeness (QED) is 0.692. The number of aryl methyl sites for hydroxylation is 1. The van der Waals surface area contributed by atoms with Gasteiger partial charge in [0, 0.05) is 12.6 Å². The van der Waals surface area contributed by atoms with E-state index in [2.05, 4.69) is 15.6 Å². The van der Waals surface area contributed by atoms with Crippen LogP contribution in [0, 0.1) is 6.92 Å². The Bertz CT molecular complexity index is 908. The molecule has 3 rings (SSSR count). The molecule has 5 nitrogen and oxygen atoms in total. The van der Waals surface area contributed by atoms with E-state index in [9.17, 15) is 4.79 Å². The van der Waals surface area contributed by atoms with Crippen LogP contribution in [0.5, 0.6) is 0 Å². The largest absolute Gasteiger partial charge is 0.441 e. The molecule has 124 valence electrons. The van der Waals surface area contributed by atoms with Crippen LogP contribution in [0.3, 0.4) is 0 Å². The van der Waals surface area contributed by atoms with E-state index in [-0.39, 0.29) is 5.91 Å². The molecule has 0 aliphatic rings. The van der Waals surface area contributed by atoms with Gasteiger partial charge in [-0.3, -0.25) is 4.79 Å². The molecule has 0 saturated carbocycles. The summed E-state index contributed by atoms with van der Waals surface area (Å²) in [5.74, 6) is 0.374. The minimum Gasteiger partial charge on any atom is -0.441 e. The number of hydrogen-bond acceptors (Lipinski definition) is 4. The third kappa shape index (κ3) is 3.47. The third-order valence-electron chi connectivity index (χ3n) is 3.48. The Morgan fingerprint density at radius 2 is 2.04 bits per heavy atom. The van der Waals surface area contributed by atoms with Gasteiger partial charge in [-0.2, -0.15) is 0 Å². The van der Waals surface area contributed by atoms with Crippen LogP contribution in [0.1, 0.15) is 12.8 Å². The fourth-order valence-electron chi connectivity index (χ4n) is 2.29. The first-order valence-electron chi connectivity index (χ1n) is 7.32. The number of aromatic nitrogens is 1. The molecular weight excluding hydrogens is 349 g/mol. The number of nitrogens with zero attached hydrogens (tertiary/aromatic N) is 1. The molecule has 2 N–H and O–H groups in total. The van der Waals surface area contributed by atoms with Crippen molar-refractivity contribution < 1.29 is 9.21 Å². The molecule has 1 unspecified atom stereocenters. The van der Waals surface area contributed by atoms with Crippen LogP contribution >= 0.6 is 23.2 Å². The highest BCUT2D eigenvalue weighted by molar-refractivity contribution is 6.44. The first kappa shape index (κ1) is 16.6. The highest BCUT2D eigenvalue weighted by Gasteiger charge is 2.15. The van der Waals surface area contributed by atoms with Crippen LogP contribution in [0.2, 0.25) is 10.0 Å². The fourth-order valence-corrected chi connectivity index (χ4v) is 2.64. The lowest BCUT2D eigenvalue weighted by molar-refractivity contribution is -0.116. The summed E-state index contributed by atoms with van der Waals surface area (Å²) in [6.07, 6.45) is 0. The summed E-state index contributed by atoms with van der Waals surface area (Å²) < 4.78 is 5.43. The minimum atomic E-state index is -0.481. The van der Waals surface area contributed by atoms with Gasteiger partial charge in [-0.25, -0.2) is 4.98 Å². The maximum absolute atomic E-state index is 12.3. The van der Waals surface area contributed by atoms with Gasteiger partial charge >= 0.3 is 0 Å². The van der Waals surface area contributed by atoms with E-state index in [4.69, 9.17) is 27.6 Å². The van der Waals surface area contributed by atoms with Gasteiger partial charge in [-0.1, -0.05) is 29.3 Å². The maximum Gasteiger partial charge on any atom is 0.246 e. The van der Waals surface area contributed by atoms with Crippen LogP contribution in [0.15, 0.2) is 40.8 Å². The van der Waals surface area contributed by atoms with Crippen LogP contribution in [-0.4, -0.2) is 16.9 Å². The standard InChI is InChI=1S/C17H15Cl2N3O2/c1-9(17(23)22-13-5-3-4-12(18)16(13)19)20-11-6-7-15-14(8-11)21-10(2)24-15/h3-9,20H,1-2H3,(H,22,23). The third-order valence-corrected chi connectivity index (χ3v) is 4.30. The maximum atomic E-state index is 12.3. The Morgan fingerprint density at radius 1 is 1.25 bits per heavy atom. The number of amides is 1. The molecule has 1 atom stereocenters. The van der Waals surface area contributed by atoms with Gasteiger partial charge in [0.05, 0.1) is 15.7 Å². The Hall–Kier alpha value is -2.24. The number of anilines is 2. The van der Waals surface area contributed by atoms with Crippen molar-refractivity contribution in [3.63, 3.8) is 0 Å². The summed E-state index contributed by atoms with van der Waals surface area (Å²) in [7, 11) is 0. The second-order valence-corrected chi connectivity index (χ2v) is 6.16. The van der Waals surface area contributed by atoms with Gasteiger partial charge in [0.2, 0.25) is 5.91 Å². The lowest BCUT2D eigenvalue weighted by Gasteiger charge is -2.16. The van der Waals surface area contributed by atoms with Crippen molar-refractivity contribution in [3.05, 3.63) is 52.3 Å². The number of rotatable bonds is 4. The number of carbonyl (C=O) groups excluding carboxylic acids is 1. The molecule has 0 saturated heterocycles. The molecule has 24 heavy (non-hydrogen) atoms. The van der Waals surface area contributed by atoms with Crippen LogP contribution in [0.4, 0.5) is 11.4 Å². The molecule has 0 fully saturated rings. The molecule has 0 bridgehead atoms. The van der Waals surface area contributed by atoms with Crippen molar-refractivity contribution in [3.8, 4) is 0 Å². The topological polar surface area (TPSA) is 67.2 Å². The Balaban J connectivity index is 1.71. The van der Waals surface area contributed by atoms with Gasteiger partial charge in [0.25, 0.3) is 0 Å². The first-order valence-corrected chi connectivity index (χ1v) is 8.08. The second-order valence-electron chi connectivity index (χ2n) is 5.37. The number of benzene rings is 2. The molecule has 0 aliphatic carbocycles. The summed E-state index contributed by atoms with van der Waals surface area (Å²) in [6.45, 7) is 3.55. The second kappa shape index (κ2) is 6.71. The molecule has 2 aromatic carbocycles. The zero-order chi connectivity index (χ0) is 17.3. The zero-order valence-electron chi connectivity index (χ0n) is 13.1. The van der Waals surface area contributed by atoms with Crippen molar-refractivity contribution in [2.45, 2.75) is 19.9 Å². The molecule has 1 aromatic heterocycles. The molecule has 0 spiro atoms. The molecule has 7 heteroatoms. The average molecular weight is 364 g/mol. The lowest BCUT2D eigenvalue weighted by Crippen LogP contribution is -2.31. The predicted molar refractivity (Wildman–Crippen MR) is 96.9 cm³/mol. The lowest BCUT2D eigenvalue weighted by atomic mass is 10.2. The molecule has 0 aliphatic heterocycles. The van der Waals surface area contributed by atoms with E-state index < -0.39 is 6.04 Å². The summed E-state index contributed by atoms with van der Waals surface area (Å²) in [5, 5.41) is 6.60. The summed E-state index contributed by atoms with van der Waals surface area (Å²) >= 11 is 12.0. The monoisotopic (exact) mass is 363 g/mol. The van der Waals surface area contributed by atoms with Gasteiger partial charge in [0.15, 0.2) is 11.5 Å². The van der Waals surface area contributed by atoms with Crippen molar-refractivity contribution in [2.75, 3.05) is 10.6 Å². The molecule has 1 amide bonds. The number of fused-ring (bicyclic) bond motifs is 1. The van der Waals surface area contributed by atoms with Crippen LogP contribution < -0.4 is 10.6 Å². The number of oxazole rings is 1. The summed E-state index contributed by atoms with van der Waals surface area (Å²) in [5.41, 5.74) is 2.70. The van der Waals surface area contributed by atoms with E-state index in [1.165, 1.54) is 0 Å².